The quantitative estimate of drug-likeness (QED) is 0.736. The standard InChI is InChI=1S/C11H19N5OS2/c1-13-10(17)8-9(12)15-19-11(8)14-2-3-16-4-6-18-7-5-16/h14H,2-7H2,1H3,(H2,12,15)(H,13,17). The van der Waals surface area contributed by atoms with E-state index >= 15 is 0 Å². The van der Waals surface area contributed by atoms with Crippen LogP contribution in [-0.4, -0.2) is 59.9 Å². The SMILES string of the molecule is CNC(=O)c1c(N)nsc1NCCN1CCSCC1. The normalized spacial score (nSPS) is 16.3. The van der Waals surface area contributed by atoms with Crippen LogP contribution in [0.25, 0.3) is 0 Å². The van der Waals surface area contributed by atoms with Gasteiger partial charge in [0.15, 0.2) is 5.82 Å². The maximum Gasteiger partial charge on any atom is 0.257 e. The lowest BCUT2D eigenvalue weighted by Crippen LogP contribution is -2.36. The van der Waals surface area contributed by atoms with Gasteiger partial charge in [0.1, 0.15) is 10.6 Å². The Morgan fingerprint density at radius 3 is 2.89 bits per heavy atom. The lowest BCUT2D eigenvalue weighted by atomic mass is 10.3. The molecule has 0 aromatic carbocycles. The third-order valence-corrected chi connectivity index (χ3v) is 4.75. The van der Waals surface area contributed by atoms with Gasteiger partial charge in [0.25, 0.3) is 5.91 Å². The lowest BCUT2D eigenvalue weighted by Gasteiger charge is -2.26. The van der Waals surface area contributed by atoms with Crippen molar-refractivity contribution < 1.29 is 4.79 Å². The molecule has 1 aliphatic heterocycles. The molecular formula is C11H19N5OS2. The van der Waals surface area contributed by atoms with Crippen LogP contribution in [0.15, 0.2) is 0 Å². The molecule has 2 heterocycles. The molecular weight excluding hydrogens is 282 g/mol. The zero-order valence-electron chi connectivity index (χ0n) is 10.9. The van der Waals surface area contributed by atoms with Crippen molar-refractivity contribution in [2.75, 3.05) is 55.8 Å². The Labute approximate surface area is 121 Å². The summed E-state index contributed by atoms with van der Waals surface area (Å²) in [6, 6.07) is 0. The summed E-state index contributed by atoms with van der Waals surface area (Å²) in [6.45, 7) is 4.06. The van der Waals surface area contributed by atoms with Gasteiger partial charge in [-0.05, 0) is 11.5 Å². The second-order valence-corrected chi connectivity index (χ2v) is 6.23. The first-order valence-corrected chi connectivity index (χ1v) is 8.16. The molecule has 0 radical (unpaired) electrons. The summed E-state index contributed by atoms with van der Waals surface area (Å²) < 4.78 is 4.03. The summed E-state index contributed by atoms with van der Waals surface area (Å²) >= 11 is 3.24. The Morgan fingerprint density at radius 2 is 2.21 bits per heavy atom. The first-order chi connectivity index (χ1) is 9.22. The monoisotopic (exact) mass is 301 g/mol. The molecule has 19 heavy (non-hydrogen) atoms. The maximum atomic E-state index is 11.7. The Hall–Kier alpha value is -0.990. The van der Waals surface area contributed by atoms with E-state index in [1.165, 1.54) is 23.0 Å². The van der Waals surface area contributed by atoms with Crippen molar-refractivity contribution in [1.82, 2.24) is 14.6 Å². The molecule has 1 aliphatic rings. The van der Waals surface area contributed by atoms with Gasteiger partial charge in [-0.15, -0.1) is 0 Å². The van der Waals surface area contributed by atoms with E-state index in [9.17, 15) is 4.79 Å². The maximum absolute atomic E-state index is 11.7. The number of amides is 1. The minimum atomic E-state index is -0.192. The molecule has 1 aromatic rings. The van der Waals surface area contributed by atoms with E-state index in [2.05, 4.69) is 19.9 Å². The van der Waals surface area contributed by atoms with Crippen LogP contribution in [0.1, 0.15) is 10.4 Å². The Morgan fingerprint density at radius 1 is 1.47 bits per heavy atom. The number of nitrogen functional groups attached to an aromatic ring is 1. The summed E-state index contributed by atoms with van der Waals surface area (Å²) in [5.74, 6) is 2.51. The van der Waals surface area contributed by atoms with Crippen molar-refractivity contribution >= 4 is 40.0 Å². The Bertz CT molecular complexity index is 431. The summed E-state index contributed by atoms with van der Waals surface area (Å²) in [7, 11) is 1.59. The minimum absolute atomic E-state index is 0.192. The van der Waals surface area contributed by atoms with Gasteiger partial charge in [0.2, 0.25) is 0 Å². The molecule has 1 aromatic heterocycles. The van der Waals surface area contributed by atoms with Crippen LogP contribution >= 0.6 is 23.3 Å². The third kappa shape index (κ3) is 3.74. The highest BCUT2D eigenvalue weighted by molar-refractivity contribution is 7.99. The zero-order chi connectivity index (χ0) is 13.7. The highest BCUT2D eigenvalue weighted by atomic mass is 32.2. The van der Waals surface area contributed by atoms with Crippen molar-refractivity contribution in [1.29, 1.82) is 0 Å². The van der Waals surface area contributed by atoms with E-state index in [0.29, 0.717) is 11.4 Å². The van der Waals surface area contributed by atoms with Crippen LogP contribution in [0.2, 0.25) is 0 Å². The van der Waals surface area contributed by atoms with E-state index < -0.39 is 0 Å². The Kier molecular flexibility index (Phi) is 5.29. The van der Waals surface area contributed by atoms with Crippen molar-refractivity contribution in [2.24, 2.45) is 0 Å². The zero-order valence-corrected chi connectivity index (χ0v) is 12.6. The highest BCUT2D eigenvalue weighted by Crippen LogP contribution is 2.26. The fourth-order valence-electron chi connectivity index (χ4n) is 1.92. The summed E-state index contributed by atoms with van der Waals surface area (Å²) in [5.41, 5.74) is 6.18. The molecule has 106 valence electrons. The fraction of sp³-hybridized carbons (Fsp3) is 0.636. The largest absolute Gasteiger partial charge is 0.382 e. The first kappa shape index (κ1) is 14.4. The number of hydrogen-bond acceptors (Lipinski definition) is 7. The number of nitrogens with zero attached hydrogens (tertiary/aromatic N) is 2. The highest BCUT2D eigenvalue weighted by Gasteiger charge is 2.18. The fourth-order valence-corrected chi connectivity index (χ4v) is 3.63. The van der Waals surface area contributed by atoms with Crippen molar-refractivity contribution in [2.45, 2.75) is 0 Å². The number of nitrogens with one attached hydrogen (secondary N) is 2. The number of hydrogen-bond donors (Lipinski definition) is 3. The number of carbonyl (C=O) groups excluding carboxylic acids is 1. The number of rotatable bonds is 5. The molecule has 1 amide bonds. The number of aromatic nitrogens is 1. The number of nitrogens with two attached hydrogens (primary N) is 1. The van der Waals surface area contributed by atoms with Gasteiger partial charge in [0, 0.05) is 44.7 Å². The van der Waals surface area contributed by atoms with Crippen LogP contribution < -0.4 is 16.4 Å². The summed E-state index contributed by atoms with van der Waals surface area (Å²) in [4.78, 5) is 14.1. The lowest BCUT2D eigenvalue weighted by molar-refractivity contribution is 0.0965. The van der Waals surface area contributed by atoms with Crippen LogP contribution in [0.4, 0.5) is 10.8 Å². The molecule has 1 fully saturated rings. The van der Waals surface area contributed by atoms with Crippen LogP contribution in [0, 0.1) is 0 Å². The number of thioether (sulfide) groups is 1. The average molecular weight is 301 g/mol. The van der Waals surface area contributed by atoms with Gasteiger partial charge in [-0.1, -0.05) is 0 Å². The molecule has 2 rings (SSSR count). The van der Waals surface area contributed by atoms with Gasteiger partial charge >= 0.3 is 0 Å². The molecule has 4 N–H and O–H groups in total. The predicted octanol–water partition coefficient (Wildman–Crippen LogP) is 0.546. The van der Waals surface area contributed by atoms with E-state index in [-0.39, 0.29) is 5.91 Å². The van der Waals surface area contributed by atoms with Gasteiger partial charge < -0.3 is 16.4 Å². The van der Waals surface area contributed by atoms with Gasteiger partial charge in [-0.2, -0.15) is 16.1 Å². The first-order valence-electron chi connectivity index (χ1n) is 6.23. The van der Waals surface area contributed by atoms with E-state index in [1.54, 1.807) is 7.05 Å². The molecule has 8 heteroatoms. The van der Waals surface area contributed by atoms with Crippen LogP contribution in [0.3, 0.4) is 0 Å². The van der Waals surface area contributed by atoms with E-state index in [0.717, 1.165) is 31.2 Å². The van der Waals surface area contributed by atoms with E-state index in [1.807, 2.05) is 11.8 Å². The number of carbonyl (C=O) groups is 1. The van der Waals surface area contributed by atoms with Gasteiger partial charge in [-0.3, -0.25) is 9.69 Å². The van der Waals surface area contributed by atoms with Crippen LogP contribution in [-0.2, 0) is 0 Å². The molecule has 0 spiro atoms. The second kappa shape index (κ2) is 6.97. The molecule has 0 unspecified atom stereocenters. The van der Waals surface area contributed by atoms with Crippen molar-refractivity contribution in [3.05, 3.63) is 5.56 Å². The smallest absolute Gasteiger partial charge is 0.257 e. The molecule has 0 aliphatic carbocycles. The van der Waals surface area contributed by atoms with Gasteiger partial charge in [0.05, 0.1) is 0 Å². The summed E-state index contributed by atoms with van der Waals surface area (Å²) in [6.07, 6.45) is 0. The molecule has 6 nitrogen and oxygen atoms in total. The van der Waals surface area contributed by atoms with Crippen LogP contribution in [0.5, 0.6) is 0 Å². The third-order valence-electron chi connectivity index (χ3n) is 2.99. The molecule has 1 saturated heterocycles. The predicted molar refractivity (Wildman–Crippen MR) is 82.2 cm³/mol. The molecule has 0 saturated carbocycles. The van der Waals surface area contributed by atoms with Gasteiger partial charge in [-0.25, -0.2) is 0 Å². The van der Waals surface area contributed by atoms with E-state index in [4.69, 9.17) is 5.73 Å². The topological polar surface area (TPSA) is 83.3 Å². The summed E-state index contributed by atoms with van der Waals surface area (Å²) in [5, 5.41) is 6.60. The van der Waals surface area contributed by atoms with Crippen molar-refractivity contribution in [3.8, 4) is 0 Å². The van der Waals surface area contributed by atoms with Crippen molar-refractivity contribution in [3.63, 3.8) is 0 Å². The molecule has 0 atom stereocenters. The second-order valence-electron chi connectivity index (χ2n) is 4.23. The minimum Gasteiger partial charge on any atom is -0.382 e. The average Bonchev–Trinajstić information content (AvgIpc) is 2.80. The molecule has 0 bridgehead atoms. The Balaban J connectivity index is 1.87. The number of anilines is 2.